The van der Waals surface area contributed by atoms with E-state index < -0.39 is 10.0 Å². The van der Waals surface area contributed by atoms with E-state index in [1.54, 1.807) is 30.7 Å². The van der Waals surface area contributed by atoms with E-state index in [1.165, 1.54) is 7.05 Å². The molecule has 0 atom stereocenters. The Hall–Kier alpha value is -1.86. The molecule has 21 heavy (non-hydrogen) atoms. The maximum absolute atomic E-state index is 11.8. The van der Waals surface area contributed by atoms with Gasteiger partial charge in [0.05, 0.1) is 23.5 Å². The summed E-state index contributed by atoms with van der Waals surface area (Å²) in [5.74, 6) is 0. The van der Waals surface area contributed by atoms with E-state index in [-0.39, 0.29) is 4.90 Å². The summed E-state index contributed by atoms with van der Waals surface area (Å²) in [6.07, 6.45) is 3.60. The summed E-state index contributed by atoms with van der Waals surface area (Å²) >= 11 is 0. The number of imidazole rings is 1. The highest BCUT2D eigenvalue weighted by Crippen LogP contribution is 2.17. The zero-order valence-corrected chi connectivity index (χ0v) is 13.2. The van der Waals surface area contributed by atoms with Crippen LogP contribution in [-0.4, -0.2) is 25.0 Å². The minimum absolute atomic E-state index is 0.243. The molecule has 0 bridgehead atoms. The molecule has 0 radical (unpaired) electrons. The fourth-order valence-corrected chi connectivity index (χ4v) is 2.79. The second kappa shape index (κ2) is 6.28. The third-order valence-corrected chi connectivity index (χ3v) is 4.60. The fraction of sp³-hybridized carbons (Fsp3) is 0.357. The van der Waals surface area contributed by atoms with Crippen LogP contribution in [0, 0.1) is 0 Å². The zero-order valence-electron chi connectivity index (χ0n) is 12.4. The van der Waals surface area contributed by atoms with Crippen molar-refractivity contribution < 1.29 is 8.42 Å². The van der Waals surface area contributed by atoms with Gasteiger partial charge in [0, 0.05) is 17.9 Å². The number of hydrogen-bond acceptors (Lipinski definition) is 4. The zero-order chi connectivity index (χ0) is 15.5. The van der Waals surface area contributed by atoms with Crippen LogP contribution >= 0.6 is 0 Å². The van der Waals surface area contributed by atoms with Crippen molar-refractivity contribution in [3.8, 4) is 0 Å². The molecule has 7 heteroatoms. The molecule has 0 saturated heterocycles. The van der Waals surface area contributed by atoms with Gasteiger partial charge in [-0.25, -0.2) is 18.1 Å². The number of anilines is 1. The predicted molar refractivity (Wildman–Crippen MR) is 82.6 cm³/mol. The first kappa shape index (κ1) is 15.5. The lowest BCUT2D eigenvalue weighted by Crippen LogP contribution is -2.18. The van der Waals surface area contributed by atoms with Crippen LogP contribution in [0.15, 0.2) is 41.7 Å². The Balaban J connectivity index is 2.14. The molecular weight excluding hydrogens is 288 g/mol. The first-order valence-electron chi connectivity index (χ1n) is 6.72. The lowest BCUT2D eigenvalue weighted by molar-refractivity contribution is 0.577. The van der Waals surface area contributed by atoms with Crippen LogP contribution < -0.4 is 10.0 Å². The van der Waals surface area contributed by atoms with E-state index in [4.69, 9.17) is 0 Å². The summed E-state index contributed by atoms with van der Waals surface area (Å²) in [4.78, 5) is 4.39. The Morgan fingerprint density at radius 3 is 2.76 bits per heavy atom. The number of hydrogen-bond donors (Lipinski definition) is 2. The highest BCUT2D eigenvalue weighted by atomic mass is 32.2. The fourth-order valence-electron chi connectivity index (χ4n) is 2.02. The van der Waals surface area contributed by atoms with Crippen LogP contribution in [0.4, 0.5) is 5.69 Å². The number of rotatable bonds is 6. The van der Waals surface area contributed by atoms with Crippen molar-refractivity contribution in [1.82, 2.24) is 14.3 Å². The number of nitrogens with zero attached hydrogens (tertiary/aromatic N) is 2. The highest BCUT2D eigenvalue weighted by Gasteiger charge is 2.11. The average molecular weight is 308 g/mol. The molecule has 0 saturated carbocycles. The van der Waals surface area contributed by atoms with E-state index in [2.05, 4.69) is 33.4 Å². The smallest absolute Gasteiger partial charge is 0.240 e. The van der Waals surface area contributed by atoms with Crippen LogP contribution in [0.1, 0.15) is 25.6 Å². The van der Waals surface area contributed by atoms with E-state index >= 15 is 0 Å². The number of nitrogens with one attached hydrogen (secondary N) is 2. The van der Waals surface area contributed by atoms with Gasteiger partial charge >= 0.3 is 0 Å². The molecule has 1 heterocycles. The van der Waals surface area contributed by atoms with Crippen molar-refractivity contribution in [3.63, 3.8) is 0 Å². The van der Waals surface area contributed by atoms with Crippen LogP contribution in [-0.2, 0) is 16.6 Å². The van der Waals surface area contributed by atoms with Gasteiger partial charge in [0.25, 0.3) is 0 Å². The average Bonchev–Trinajstić information content (AvgIpc) is 2.94. The van der Waals surface area contributed by atoms with Crippen LogP contribution in [0.25, 0.3) is 0 Å². The molecule has 0 amide bonds. The topological polar surface area (TPSA) is 76.0 Å². The van der Waals surface area contributed by atoms with E-state index in [9.17, 15) is 8.42 Å². The third kappa shape index (κ3) is 3.62. The molecule has 6 nitrogen and oxygen atoms in total. The molecule has 0 aliphatic heterocycles. The van der Waals surface area contributed by atoms with Gasteiger partial charge in [0.2, 0.25) is 10.0 Å². The standard InChI is InChI=1S/C14H20N4O2S/c1-11(2)18-10-16-8-13(18)9-17-12-5-4-6-14(7-12)21(19,20)15-3/h4-8,10-11,15,17H,9H2,1-3H3. The van der Waals surface area contributed by atoms with E-state index in [0.29, 0.717) is 12.6 Å². The van der Waals surface area contributed by atoms with Crippen LogP contribution in [0.5, 0.6) is 0 Å². The Kier molecular flexibility index (Phi) is 4.64. The third-order valence-electron chi connectivity index (χ3n) is 3.19. The first-order chi connectivity index (χ1) is 9.94. The van der Waals surface area contributed by atoms with Crippen LogP contribution in [0.2, 0.25) is 0 Å². The SMILES string of the molecule is CNS(=O)(=O)c1cccc(NCc2cncn2C(C)C)c1. The molecule has 0 fully saturated rings. The minimum Gasteiger partial charge on any atom is -0.379 e. The van der Waals surface area contributed by atoms with Crippen molar-refractivity contribution >= 4 is 15.7 Å². The molecule has 1 aromatic carbocycles. The summed E-state index contributed by atoms with van der Waals surface area (Å²) in [6.45, 7) is 4.76. The Morgan fingerprint density at radius 1 is 1.33 bits per heavy atom. The van der Waals surface area contributed by atoms with E-state index in [0.717, 1.165) is 11.4 Å². The van der Waals surface area contributed by atoms with Gasteiger partial charge in [-0.2, -0.15) is 0 Å². The van der Waals surface area contributed by atoms with Gasteiger partial charge in [0.1, 0.15) is 0 Å². The summed E-state index contributed by atoms with van der Waals surface area (Å²) in [5.41, 5.74) is 1.80. The molecule has 0 unspecified atom stereocenters. The van der Waals surface area contributed by atoms with Gasteiger partial charge < -0.3 is 9.88 Å². The second-order valence-corrected chi connectivity index (χ2v) is 6.86. The molecule has 2 rings (SSSR count). The van der Waals surface area contributed by atoms with Crippen molar-refractivity contribution in [1.29, 1.82) is 0 Å². The lowest BCUT2D eigenvalue weighted by atomic mass is 10.3. The molecule has 1 aromatic heterocycles. The minimum atomic E-state index is -3.42. The lowest BCUT2D eigenvalue weighted by Gasteiger charge is -2.13. The summed E-state index contributed by atoms with van der Waals surface area (Å²) in [5, 5.41) is 3.23. The van der Waals surface area contributed by atoms with Crippen molar-refractivity contribution in [2.45, 2.75) is 31.3 Å². The second-order valence-electron chi connectivity index (χ2n) is 4.97. The number of aromatic nitrogens is 2. The summed E-state index contributed by atoms with van der Waals surface area (Å²) < 4.78 is 27.9. The largest absolute Gasteiger partial charge is 0.379 e. The highest BCUT2D eigenvalue weighted by molar-refractivity contribution is 7.89. The Morgan fingerprint density at radius 2 is 2.10 bits per heavy atom. The molecule has 0 spiro atoms. The van der Waals surface area contributed by atoms with Gasteiger partial charge in [-0.05, 0) is 39.1 Å². The van der Waals surface area contributed by atoms with Crippen molar-refractivity contribution in [2.75, 3.05) is 12.4 Å². The Labute approximate surface area is 125 Å². The molecule has 0 aliphatic carbocycles. The van der Waals surface area contributed by atoms with E-state index in [1.807, 2.05) is 6.07 Å². The maximum atomic E-state index is 11.8. The van der Waals surface area contributed by atoms with Gasteiger partial charge in [-0.1, -0.05) is 6.07 Å². The quantitative estimate of drug-likeness (QED) is 0.855. The van der Waals surface area contributed by atoms with Crippen molar-refractivity contribution in [3.05, 3.63) is 42.5 Å². The number of sulfonamides is 1. The molecule has 0 aliphatic rings. The summed E-state index contributed by atoms with van der Waals surface area (Å²) in [7, 11) is -2.02. The van der Waals surface area contributed by atoms with Gasteiger partial charge in [-0.3, -0.25) is 0 Å². The summed E-state index contributed by atoms with van der Waals surface area (Å²) in [6, 6.07) is 7.06. The van der Waals surface area contributed by atoms with Crippen LogP contribution in [0.3, 0.4) is 0 Å². The van der Waals surface area contributed by atoms with Gasteiger partial charge in [-0.15, -0.1) is 0 Å². The molecule has 2 N–H and O–H groups in total. The van der Waals surface area contributed by atoms with Gasteiger partial charge in [0.15, 0.2) is 0 Å². The molecule has 114 valence electrons. The monoisotopic (exact) mass is 308 g/mol. The predicted octanol–water partition coefficient (Wildman–Crippen LogP) is 1.98. The van der Waals surface area contributed by atoms with Crippen molar-refractivity contribution in [2.24, 2.45) is 0 Å². The maximum Gasteiger partial charge on any atom is 0.240 e. The Bertz CT molecular complexity index is 707. The molecular formula is C14H20N4O2S. The first-order valence-corrected chi connectivity index (χ1v) is 8.20. The molecule has 2 aromatic rings. The normalized spacial score (nSPS) is 11.8. The number of benzene rings is 1.